The highest BCUT2D eigenvalue weighted by molar-refractivity contribution is 7.89. The Hall–Kier alpha value is -3.56. The Kier molecular flexibility index (Phi) is 7.57. The largest absolute Gasteiger partial charge is 0.497 e. The van der Waals surface area contributed by atoms with E-state index >= 15 is 0 Å². The smallest absolute Gasteiger partial charge is 0.246 e. The van der Waals surface area contributed by atoms with Gasteiger partial charge in [-0.3, -0.25) is 4.79 Å². The van der Waals surface area contributed by atoms with Gasteiger partial charge in [0.2, 0.25) is 15.9 Å². The summed E-state index contributed by atoms with van der Waals surface area (Å²) in [6, 6.07) is 21.1. The van der Waals surface area contributed by atoms with E-state index in [0.717, 1.165) is 5.75 Å². The molecule has 0 radical (unpaired) electrons. The Bertz CT molecular complexity index is 1260. The number of nitrogens with zero attached hydrogens (tertiary/aromatic N) is 1. The van der Waals surface area contributed by atoms with E-state index in [1.54, 1.807) is 36.4 Å². The lowest BCUT2D eigenvalue weighted by atomic mass is 9.99. The van der Waals surface area contributed by atoms with Gasteiger partial charge in [0.15, 0.2) is 0 Å². The number of carbonyl (C=O) groups excluding carboxylic acids is 1. The van der Waals surface area contributed by atoms with Crippen molar-refractivity contribution in [2.45, 2.75) is 17.7 Å². The van der Waals surface area contributed by atoms with Crippen LogP contribution in [0.3, 0.4) is 0 Å². The van der Waals surface area contributed by atoms with Crippen molar-refractivity contribution in [3.05, 3.63) is 72.8 Å². The molecule has 0 unspecified atom stereocenters. The fraction of sp³-hybridized carbons (Fsp3) is 0.269. The fourth-order valence-corrected chi connectivity index (χ4v) is 5.67. The van der Waals surface area contributed by atoms with Gasteiger partial charge in [0.1, 0.15) is 27.9 Å². The molecule has 9 heteroatoms. The average molecular weight is 497 g/mol. The predicted molar refractivity (Wildman–Crippen MR) is 133 cm³/mol. The predicted octanol–water partition coefficient (Wildman–Crippen LogP) is 4.54. The van der Waals surface area contributed by atoms with E-state index in [2.05, 4.69) is 5.32 Å². The monoisotopic (exact) mass is 496 g/mol. The highest BCUT2D eigenvalue weighted by Crippen LogP contribution is 2.33. The molecule has 1 aliphatic rings. The van der Waals surface area contributed by atoms with Crippen molar-refractivity contribution in [2.75, 3.05) is 32.6 Å². The van der Waals surface area contributed by atoms with Crippen molar-refractivity contribution >= 4 is 21.6 Å². The molecule has 4 rings (SSSR count). The SMILES string of the molecule is COc1ccc(OC)c(S(=O)(=O)N2CCC[C@@H](C(=O)Nc3ccc(Oc4ccccc4)cc3)C2)c1. The quantitative estimate of drug-likeness (QED) is 0.492. The molecule has 1 N–H and O–H groups in total. The van der Waals surface area contributed by atoms with Crippen LogP contribution in [-0.2, 0) is 14.8 Å². The summed E-state index contributed by atoms with van der Waals surface area (Å²) in [5.41, 5.74) is 0.616. The summed E-state index contributed by atoms with van der Waals surface area (Å²) in [6.45, 7) is 0.418. The lowest BCUT2D eigenvalue weighted by Crippen LogP contribution is -2.43. The van der Waals surface area contributed by atoms with Gasteiger partial charge in [-0.2, -0.15) is 4.31 Å². The Labute approximate surface area is 205 Å². The lowest BCUT2D eigenvalue weighted by Gasteiger charge is -2.31. The van der Waals surface area contributed by atoms with Gasteiger partial charge in [-0.05, 0) is 61.4 Å². The van der Waals surface area contributed by atoms with Crippen LogP contribution < -0.4 is 19.5 Å². The number of hydrogen-bond acceptors (Lipinski definition) is 6. The number of methoxy groups -OCH3 is 2. The molecule has 8 nitrogen and oxygen atoms in total. The zero-order chi connectivity index (χ0) is 24.8. The van der Waals surface area contributed by atoms with E-state index in [0.29, 0.717) is 36.6 Å². The van der Waals surface area contributed by atoms with E-state index in [-0.39, 0.29) is 23.1 Å². The van der Waals surface area contributed by atoms with E-state index in [4.69, 9.17) is 14.2 Å². The number of carbonyl (C=O) groups is 1. The number of nitrogens with one attached hydrogen (secondary N) is 1. The molecule has 1 saturated heterocycles. The van der Waals surface area contributed by atoms with Crippen molar-refractivity contribution in [1.82, 2.24) is 4.31 Å². The number of piperidine rings is 1. The highest BCUT2D eigenvalue weighted by atomic mass is 32.2. The second-order valence-electron chi connectivity index (χ2n) is 8.15. The zero-order valence-corrected chi connectivity index (χ0v) is 20.5. The first kappa shape index (κ1) is 24.6. The maximum Gasteiger partial charge on any atom is 0.246 e. The molecular weight excluding hydrogens is 468 g/mol. The van der Waals surface area contributed by atoms with Crippen LogP contribution in [0, 0.1) is 5.92 Å². The summed E-state index contributed by atoms with van der Waals surface area (Å²) in [4.78, 5) is 13.0. The summed E-state index contributed by atoms with van der Waals surface area (Å²) in [5, 5.41) is 2.89. The van der Waals surface area contributed by atoms with Crippen LogP contribution in [0.5, 0.6) is 23.0 Å². The summed E-state index contributed by atoms with van der Waals surface area (Å²) >= 11 is 0. The molecule has 35 heavy (non-hydrogen) atoms. The number of sulfonamides is 1. The van der Waals surface area contributed by atoms with Gasteiger partial charge in [-0.1, -0.05) is 18.2 Å². The molecule has 1 aliphatic heterocycles. The average Bonchev–Trinajstić information content (AvgIpc) is 2.90. The van der Waals surface area contributed by atoms with Gasteiger partial charge < -0.3 is 19.5 Å². The minimum atomic E-state index is -3.88. The number of hydrogen-bond donors (Lipinski definition) is 1. The van der Waals surface area contributed by atoms with E-state index in [1.165, 1.54) is 24.6 Å². The van der Waals surface area contributed by atoms with Crippen molar-refractivity contribution < 1.29 is 27.4 Å². The maximum atomic E-state index is 13.4. The molecule has 3 aromatic rings. The summed E-state index contributed by atoms with van der Waals surface area (Å²) in [5.74, 6) is 1.32. The molecule has 1 fully saturated rings. The standard InChI is InChI=1S/C26H28N2O6S/c1-32-23-14-15-24(33-2)25(17-23)35(30,31)28-16-6-7-19(18-28)26(29)27-20-10-12-22(13-11-20)34-21-8-4-3-5-9-21/h3-5,8-15,17,19H,6-7,16,18H2,1-2H3,(H,27,29)/t19-/m1/s1. The highest BCUT2D eigenvalue weighted by Gasteiger charge is 2.35. The third-order valence-electron chi connectivity index (χ3n) is 5.84. The van der Waals surface area contributed by atoms with E-state index in [9.17, 15) is 13.2 Å². The molecule has 3 aromatic carbocycles. The molecule has 184 valence electrons. The first-order chi connectivity index (χ1) is 16.9. The van der Waals surface area contributed by atoms with Crippen LogP contribution in [0.4, 0.5) is 5.69 Å². The molecule has 0 spiro atoms. The van der Waals surface area contributed by atoms with Crippen molar-refractivity contribution in [1.29, 1.82) is 0 Å². The molecule has 0 saturated carbocycles. The number of rotatable bonds is 8. The third-order valence-corrected chi connectivity index (χ3v) is 7.73. The minimum absolute atomic E-state index is 0.0226. The Morgan fingerprint density at radius 2 is 1.60 bits per heavy atom. The molecule has 0 bridgehead atoms. The molecule has 1 heterocycles. The van der Waals surface area contributed by atoms with Gasteiger partial charge in [0.25, 0.3) is 0 Å². The van der Waals surface area contributed by atoms with Crippen molar-refractivity contribution in [2.24, 2.45) is 5.92 Å². The summed E-state index contributed by atoms with van der Waals surface area (Å²) in [7, 11) is -0.988. The second-order valence-corrected chi connectivity index (χ2v) is 10.1. The zero-order valence-electron chi connectivity index (χ0n) is 19.6. The first-order valence-electron chi connectivity index (χ1n) is 11.3. The molecular formula is C26H28N2O6S. The van der Waals surface area contributed by atoms with Crippen LogP contribution in [-0.4, -0.2) is 45.9 Å². The van der Waals surface area contributed by atoms with Crippen LogP contribution >= 0.6 is 0 Å². The molecule has 1 amide bonds. The minimum Gasteiger partial charge on any atom is -0.497 e. The maximum absolute atomic E-state index is 13.4. The Balaban J connectivity index is 1.43. The summed E-state index contributed by atoms with van der Waals surface area (Å²) < 4.78 is 44.4. The normalized spacial score (nSPS) is 16.3. The number of anilines is 1. The molecule has 0 aromatic heterocycles. The van der Waals surface area contributed by atoms with E-state index in [1.807, 2.05) is 30.3 Å². The van der Waals surface area contributed by atoms with Gasteiger partial charge in [-0.15, -0.1) is 0 Å². The Morgan fingerprint density at radius 1 is 0.914 bits per heavy atom. The topological polar surface area (TPSA) is 94.2 Å². The van der Waals surface area contributed by atoms with Crippen molar-refractivity contribution in [3.63, 3.8) is 0 Å². The number of amides is 1. The third kappa shape index (κ3) is 5.75. The van der Waals surface area contributed by atoms with Crippen LogP contribution in [0.15, 0.2) is 77.7 Å². The summed E-state index contributed by atoms with van der Waals surface area (Å²) in [6.07, 6.45) is 1.18. The number of para-hydroxylation sites is 1. The second kappa shape index (κ2) is 10.8. The van der Waals surface area contributed by atoms with Crippen LogP contribution in [0.25, 0.3) is 0 Å². The van der Waals surface area contributed by atoms with Gasteiger partial charge in [0.05, 0.1) is 20.1 Å². The lowest BCUT2D eigenvalue weighted by molar-refractivity contribution is -0.120. The number of ether oxygens (including phenoxy) is 3. The Morgan fingerprint density at radius 3 is 2.29 bits per heavy atom. The fourth-order valence-electron chi connectivity index (χ4n) is 3.97. The molecule has 0 aliphatic carbocycles. The molecule has 1 atom stereocenters. The van der Waals surface area contributed by atoms with Crippen molar-refractivity contribution in [3.8, 4) is 23.0 Å². The van der Waals surface area contributed by atoms with Gasteiger partial charge >= 0.3 is 0 Å². The van der Waals surface area contributed by atoms with E-state index < -0.39 is 15.9 Å². The van der Waals surface area contributed by atoms with Crippen LogP contribution in [0.2, 0.25) is 0 Å². The van der Waals surface area contributed by atoms with Gasteiger partial charge in [0, 0.05) is 24.8 Å². The number of benzene rings is 3. The first-order valence-corrected chi connectivity index (χ1v) is 12.7. The van der Waals surface area contributed by atoms with Crippen LogP contribution in [0.1, 0.15) is 12.8 Å². The van der Waals surface area contributed by atoms with Gasteiger partial charge in [-0.25, -0.2) is 8.42 Å².